The number of nitrogens with zero attached hydrogens (tertiary/aromatic N) is 5. The molecule has 0 radical (unpaired) electrons. The van der Waals surface area contributed by atoms with Crippen molar-refractivity contribution in [3.05, 3.63) is 36.8 Å². The van der Waals surface area contributed by atoms with Crippen LogP contribution in [0.25, 0.3) is 22.2 Å². The number of ether oxygens (including phenoxy) is 1. The van der Waals surface area contributed by atoms with Crippen molar-refractivity contribution in [1.82, 2.24) is 24.6 Å². The number of hydrogen-bond acceptors (Lipinski definition) is 6. The Morgan fingerprint density at radius 2 is 2.04 bits per heavy atom. The third kappa shape index (κ3) is 4.18. The minimum atomic E-state index is -0.0865. The van der Waals surface area contributed by atoms with Crippen molar-refractivity contribution in [3.63, 3.8) is 0 Å². The molecule has 28 heavy (non-hydrogen) atoms. The molecule has 1 aliphatic rings. The first-order chi connectivity index (χ1) is 13.5. The number of anilines is 1. The van der Waals surface area contributed by atoms with Crippen LogP contribution in [0.3, 0.4) is 0 Å². The summed E-state index contributed by atoms with van der Waals surface area (Å²) in [7, 11) is 1.87. The van der Waals surface area contributed by atoms with Gasteiger partial charge in [-0.3, -0.25) is 14.4 Å². The molecule has 0 spiro atoms. The van der Waals surface area contributed by atoms with Gasteiger partial charge in [-0.15, -0.1) is 0 Å². The monoisotopic (exact) mass is 380 g/mol. The average Bonchev–Trinajstić information content (AvgIpc) is 3.06. The molecular formula is C20H24N6O2. The zero-order valence-corrected chi connectivity index (χ0v) is 16.3. The van der Waals surface area contributed by atoms with Gasteiger partial charge in [0.15, 0.2) is 0 Å². The number of fused-ring (bicyclic) bond motifs is 1. The van der Waals surface area contributed by atoms with Gasteiger partial charge in [-0.2, -0.15) is 5.10 Å². The van der Waals surface area contributed by atoms with Gasteiger partial charge in [0.2, 0.25) is 5.91 Å². The van der Waals surface area contributed by atoms with E-state index in [4.69, 9.17) is 9.72 Å². The predicted molar refractivity (Wildman–Crippen MR) is 107 cm³/mol. The highest BCUT2D eigenvalue weighted by Gasteiger charge is 2.23. The van der Waals surface area contributed by atoms with Gasteiger partial charge in [0.05, 0.1) is 36.2 Å². The van der Waals surface area contributed by atoms with Crippen LogP contribution in [0.2, 0.25) is 0 Å². The lowest BCUT2D eigenvalue weighted by molar-refractivity contribution is -0.121. The number of nitrogens with one attached hydrogen (secondary N) is 1. The lowest BCUT2D eigenvalue weighted by Crippen LogP contribution is -2.48. The summed E-state index contributed by atoms with van der Waals surface area (Å²) in [4.78, 5) is 23.6. The molecular weight excluding hydrogens is 356 g/mol. The molecule has 3 aromatic heterocycles. The number of aryl methyl sites for hydroxylation is 1. The Balaban J connectivity index is 1.48. The normalized spacial score (nSPS) is 20.4. The molecule has 8 nitrogen and oxygen atoms in total. The quantitative estimate of drug-likeness (QED) is 0.746. The average molecular weight is 380 g/mol. The minimum absolute atomic E-state index is 0.0865. The van der Waals surface area contributed by atoms with Crippen molar-refractivity contribution in [2.45, 2.75) is 26.1 Å². The zero-order valence-electron chi connectivity index (χ0n) is 16.3. The van der Waals surface area contributed by atoms with Crippen molar-refractivity contribution in [2.24, 2.45) is 7.05 Å². The van der Waals surface area contributed by atoms with Crippen molar-refractivity contribution in [3.8, 4) is 11.3 Å². The lowest BCUT2D eigenvalue weighted by Gasteiger charge is -2.34. The van der Waals surface area contributed by atoms with E-state index >= 15 is 0 Å². The molecule has 0 aliphatic carbocycles. The van der Waals surface area contributed by atoms with E-state index in [9.17, 15) is 4.79 Å². The van der Waals surface area contributed by atoms with Gasteiger partial charge < -0.3 is 10.1 Å². The molecule has 1 aliphatic heterocycles. The number of rotatable bonds is 4. The third-order valence-electron chi connectivity index (χ3n) is 4.70. The van der Waals surface area contributed by atoms with Gasteiger partial charge in [0.1, 0.15) is 5.82 Å². The van der Waals surface area contributed by atoms with Crippen LogP contribution in [0.1, 0.15) is 13.8 Å². The molecule has 1 fully saturated rings. The first-order valence-electron chi connectivity index (χ1n) is 9.40. The van der Waals surface area contributed by atoms with E-state index < -0.39 is 0 Å². The first-order valence-corrected chi connectivity index (χ1v) is 9.40. The van der Waals surface area contributed by atoms with Crippen molar-refractivity contribution in [2.75, 3.05) is 25.0 Å². The van der Waals surface area contributed by atoms with Crippen molar-refractivity contribution < 1.29 is 9.53 Å². The summed E-state index contributed by atoms with van der Waals surface area (Å²) in [6.07, 6.45) is 5.69. The predicted octanol–water partition coefficient (Wildman–Crippen LogP) is 2.08. The Labute approximate surface area is 163 Å². The summed E-state index contributed by atoms with van der Waals surface area (Å²) in [5.41, 5.74) is 2.56. The Kier molecular flexibility index (Phi) is 5.06. The SMILES string of the molecule is C[C@@H]1CN(CC(=O)Nc2cc3nc(-c4cnn(C)c4)ccc3cn2)C[C@H](C)O1. The molecule has 146 valence electrons. The Bertz CT molecular complexity index is 991. The van der Waals surface area contributed by atoms with E-state index in [-0.39, 0.29) is 18.1 Å². The highest BCUT2D eigenvalue weighted by Crippen LogP contribution is 2.21. The molecule has 4 rings (SSSR count). The molecule has 0 saturated carbocycles. The Morgan fingerprint density at radius 3 is 2.75 bits per heavy atom. The van der Waals surface area contributed by atoms with Gasteiger partial charge in [-0.05, 0) is 26.0 Å². The van der Waals surface area contributed by atoms with Crippen molar-refractivity contribution in [1.29, 1.82) is 0 Å². The largest absolute Gasteiger partial charge is 0.373 e. The number of morpholine rings is 1. The maximum atomic E-state index is 12.5. The fraction of sp³-hybridized carbons (Fsp3) is 0.400. The van der Waals surface area contributed by atoms with Gasteiger partial charge in [0.25, 0.3) is 0 Å². The van der Waals surface area contributed by atoms with E-state index in [1.54, 1.807) is 23.1 Å². The summed E-state index contributed by atoms with van der Waals surface area (Å²) in [6, 6.07) is 5.72. The third-order valence-corrected chi connectivity index (χ3v) is 4.70. The highest BCUT2D eigenvalue weighted by molar-refractivity contribution is 5.93. The molecule has 8 heteroatoms. The molecule has 0 unspecified atom stereocenters. The van der Waals surface area contributed by atoms with Crippen LogP contribution in [0.4, 0.5) is 5.82 Å². The summed E-state index contributed by atoms with van der Waals surface area (Å²) in [6.45, 7) is 5.87. The molecule has 0 bridgehead atoms. The topological polar surface area (TPSA) is 85.2 Å². The fourth-order valence-corrected chi connectivity index (χ4v) is 3.60. The minimum Gasteiger partial charge on any atom is -0.373 e. The maximum Gasteiger partial charge on any atom is 0.239 e. The molecule has 1 amide bonds. The highest BCUT2D eigenvalue weighted by atomic mass is 16.5. The number of aromatic nitrogens is 4. The number of amides is 1. The second-order valence-electron chi connectivity index (χ2n) is 7.36. The van der Waals surface area contributed by atoms with Crippen molar-refractivity contribution >= 4 is 22.6 Å². The summed E-state index contributed by atoms with van der Waals surface area (Å²) < 4.78 is 7.46. The number of carbonyl (C=O) groups is 1. The second-order valence-corrected chi connectivity index (χ2v) is 7.36. The molecule has 3 aromatic rings. The van der Waals surface area contributed by atoms with E-state index in [2.05, 4.69) is 20.3 Å². The van der Waals surface area contributed by atoms with Crippen LogP contribution in [-0.2, 0) is 16.6 Å². The van der Waals surface area contributed by atoms with E-state index in [1.165, 1.54) is 0 Å². The van der Waals surface area contributed by atoms with Gasteiger partial charge >= 0.3 is 0 Å². The number of hydrogen-bond donors (Lipinski definition) is 1. The standard InChI is InChI=1S/C20H24N6O2/c1-13-9-26(10-14(2)28-13)12-20(27)24-19-6-18-15(7-21-19)4-5-17(23-18)16-8-22-25(3)11-16/h4-8,11,13-14H,9-10,12H2,1-3H3,(H,21,24,27)/t13-,14+. The van der Waals surface area contributed by atoms with Gasteiger partial charge in [-0.25, -0.2) is 9.97 Å². The van der Waals surface area contributed by atoms with Gasteiger partial charge in [-0.1, -0.05) is 0 Å². The van der Waals surface area contributed by atoms with Crippen LogP contribution < -0.4 is 5.32 Å². The van der Waals surface area contributed by atoms with Crippen LogP contribution in [0.5, 0.6) is 0 Å². The van der Waals surface area contributed by atoms with Crippen LogP contribution >= 0.6 is 0 Å². The second kappa shape index (κ2) is 7.65. The van der Waals surface area contributed by atoms with Crippen LogP contribution in [0.15, 0.2) is 36.8 Å². The molecule has 4 heterocycles. The Hall–Kier alpha value is -2.84. The number of carbonyl (C=O) groups excluding carboxylic acids is 1. The summed E-state index contributed by atoms with van der Waals surface area (Å²) >= 11 is 0. The van der Waals surface area contributed by atoms with E-state index in [0.29, 0.717) is 12.4 Å². The van der Waals surface area contributed by atoms with E-state index in [0.717, 1.165) is 35.2 Å². The molecule has 1 N–H and O–H groups in total. The lowest BCUT2D eigenvalue weighted by atomic mass is 10.2. The molecule has 2 atom stereocenters. The van der Waals surface area contributed by atoms with E-state index in [1.807, 2.05) is 39.2 Å². The zero-order chi connectivity index (χ0) is 19.7. The smallest absolute Gasteiger partial charge is 0.239 e. The van der Waals surface area contributed by atoms with Gasteiger partial charge in [0, 0.05) is 49.5 Å². The summed E-state index contributed by atoms with van der Waals surface area (Å²) in [5.74, 6) is 0.416. The van der Waals surface area contributed by atoms with Crippen LogP contribution in [0, 0.1) is 0 Å². The molecule has 1 saturated heterocycles. The fourth-order valence-electron chi connectivity index (χ4n) is 3.60. The summed E-state index contributed by atoms with van der Waals surface area (Å²) in [5, 5.41) is 7.99. The van der Waals surface area contributed by atoms with Crippen LogP contribution in [-0.4, -0.2) is 62.4 Å². The maximum absolute atomic E-state index is 12.5. The molecule has 0 aromatic carbocycles. The Morgan fingerprint density at radius 1 is 1.25 bits per heavy atom. The number of pyridine rings is 2. The first kappa shape index (κ1) is 18.5.